The van der Waals surface area contributed by atoms with Gasteiger partial charge >= 0.3 is 6.09 Å². The molecule has 4 aliphatic rings. The largest absolute Gasteiger partial charge is 0.508 e. The Morgan fingerprint density at radius 1 is 1.09 bits per heavy atom. The molecule has 5 atom stereocenters. The lowest BCUT2D eigenvalue weighted by atomic mass is 9.99. The van der Waals surface area contributed by atoms with E-state index in [0.717, 1.165) is 50.7 Å². The summed E-state index contributed by atoms with van der Waals surface area (Å²) in [5.41, 5.74) is 5.13. The molecule has 0 radical (unpaired) electrons. The third-order valence-corrected chi connectivity index (χ3v) is 9.73. The van der Waals surface area contributed by atoms with Gasteiger partial charge in [-0.2, -0.15) is 0 Å². The molecule has 1 saturated heterocycles. The zero-order chi connectivity index (χ0) is 31.3. The van der Waals surface area contributed by atoms with Crippen molar-refractivity contribution in [3.8, 4) is 5.75 Å². The highest BCUT2D eigenvalue weighted by Gasteiger charge is 2.40. The third-order valence-electron chi connectivity index (χ3n) is 9.73. The van der Waals surface area contributed by atoms with E-state index in [-0.39, 0.29) is 42.4 Å². The molecule has 45 heavy (non-hydrogen) atoms. The van der Waals surface area contributed by atoms with Gasteiger partial charge in [-0.3, -0.25) is 15.0 Å². The molecule has 242 valence electrons. The Morgan fingerprint density at radius 2 is 1.89 bits per heavy atom. The number of nitrogens with zero attached hydrogens (tertiary/aromatic N) is 1. The Balaban J connectivity index is 1.15. The van der Waals surface area contributed by atoms with E-state index < -0.39 is 24.1 Å². The van der Waals surface area contributed by atoms with Crippen LogP contribution in [0.25, 0.3) is 0 Å². The number of aromatic hydroxyl groups is 1. The SMILES string of the molecule is O=C1CCc2c(O)cc(C(=O)NN(CC3CCCC3)C[C@@H](O)[C@H](Cc3ccccc3)NC(=O)O[C@@H]3CC4CCO[C@@H]4C3)cc2N1. The van der Waals surface area contributed by atoms with Gasteiger partial charge in [0.25, 0.3) is 5.91 Å². The van der Waals surface area contributed by atoms with Crippen molar-refractivity contribution < 1.29 is 34.1 Å². The second-order valence-electron chi connectivity index (χ2n) is 13.0. The van der Waals surface area contributed by atoms with Crippen molar-refractivity contribution in [2.75, 3.05) is 25.0 Å². The first-order chi connectivity index (χ1) is 21.8. The van der Waals surface area contributed by atoms with Gasteiger partial charge in [-0.1, -0.05) is 43.2 Å². The number of rotatable bonds is 11. The first-order valence-electron chi connectivity index (χ1n) is 16.3. The number of amides is 3. The van der Waals surface area contributed by atoms with Crippen LogP contribution in [0.15, 0.2) is 42.5 Å². The summed E-state index contributed by atoms with van der Waals surface area (Å²) in [5, 5.41) is 29.6. The molecule has 0 aromatic heterocycles. The molecule has 2 aromatic carbocycles. The maximum Gasteiger partial charge on any atom is 0.407 e. The van der Waals surface area contributed by atoms with E-state index in [0.29, 0.717) is 48.9 Å². The van der Waals surface area contributed by atoms with Gasteiger partial charge in [-0.25, -0.2) is 9.80 Å². The zero-order valence-corrected chi connectivity index (χ0v) is 25.6. The molecule has 0 bridgehead atoms. The summed E-state index contributed by atoms with van der Waals surface area (Å²) in [4.78, 5) is 38.5. The van der Waals surface area contributed by atoms with Crippen molar-refractivity contribution in [2.45, 2.75) is 88.6 Å². The second kappa shape index (κ2) is 14.2. The number of hydrogen-bond donors (Lipinski definition) is 5. The number of ether oxygens (including phenoxy) is 2. The molecule has 2 aliphatic heterocycles. The number of aliphatic hydroxyl groups is 1. The Kier molecular flexibility index (Phi) is 9.87. The molecule has 2 heterocycles. The van der Waals surface area contributed by atoms with Crippen molar-refractivity contribution in [2.24, 2.45) is 11.8 Å². The Morgan fingerprint density at radius 3 is 2.67 bits per heavy atom. The molecule has 0 spiro atoms. The van der Waals surface area contributed by atoms with Crippen LogP contribution in [0.2, 0.25) is 0 Å². The highest BCUT2D eigenvalue weighted by Crippen LogP contribution is 2.37. The molecular formula is C34H44N4O7. The van der Waals surface area contributed by atoms with Crippen LogP contribution in [0, 0.1) is 11.8 Å². The number of phenolic OH excluding ortho intramolecular Hbond substituents is 1. The summed E-state index contributed by atoms with van der Waals surface area (Å²) in [6.45, 7) is 1.36. The van der Waals surface area contributed by atoms with Gasteiger partial charge in [0.05, 0.1) is 18.2 Å². The van der Waals surface area contributed by atoms with E-state index >= 15 is 0 Å². The van der Waals surface area contributed by atoms with Crippen LogP contribution in [0.4, 0.5) is 10.5 Å². The quantitative estimate of drug-likeness (QED) is 0.239. The van der Waals surface area contributed by atoms with Gasteiger partial charge in [0, 0.05) is 49.4 Å². The van der Waals surface area contributed by atoms with Crippen LogP contribution >= 0.6 is 0 Å². The number of carbonyl (C=O) groups is 3. The van der Waals surface area contributed by atoms with Gasteiger partial charge in [0.1, 0.15) is 11.9 Å². The van der Waals surface area contributed by atoms with Crippen molar-refractivity contribution in [1.29, 1.82) is 0 Å². The number of fused-ring (bicyclic) bond motifs is 2. The number of hydrogen-bond acceptors (Lipinski definition) is 8. The number of phenols is 1. The monoisotopic (exact) mass is 620 g/mol. The second-order valence-corrected chi connectivity index (χ2v) is 13.0. The molecule has 2 saturated carbocycles. The van der Waals surface area contributed by atoms with Crippen molar-refractivity contribution in [1.82, 2.24) is 15.8 Å². The third kappa shape index (κ3) is 7.95. The van der Waals surface area contributed by atoms with E-state index in [1.54, 1.807) is 11.1 Å². The average Bonchev–Trinajstić information content (AvgIpc) is 3.76. The number of carbonyl (C=O) groups excluding carboxylic acids is 3. The van der Waals surface area contributed by atoms with Gasteiger partial charge in [-0.05, 0) is 68.1 Å². The Hall–Kier alpha value is -3.67. The normalized spacial score (nSPS) is 24.0. The Labute approximate surface area is 263 Å². The van der Waals surface area contributed by atoms with Gasteiger partial charge in [0.15, 0.2) is 0 Å². The topological polar surface area (TPSA) is 149 Å². The lowest BCUT2D eigenvalue weighted by Gasteiger charge is -2.32. The fourth-order valence-electron chi connectivity index (χ4n) is 7.35. The number of anilines is 1. The van der Waals surface area contributed by atoms with Crippen molar-refractivity contribution >= 4 is 23.6 Å². The van der Waals surface area contributed by atoms with Gasteiger partial charge in [0.2, 0.25) is 5.91 Å². The molecule has 2 aliphatic carbocycles. The molecule has 6 rings (SSSR count). The van der Waals surface area contributed by atoms with Gasteiger partial charge in [-0.15, -0.1) is 0 Å². The molecule has 5 N–H and O–H groups in total. The van der Waals surface area contributed by atoms with Crippen LogP contribution in [0.3, 0.4) is 0 Å². The number of nitrogens with one attached hydrogen (secondary N) is 3. The van der Waals surface area contributed by atoms with E-state index in [1.165, 1.54) is 6.07 Å². The first-order valence-corrected chi connectivity index (χ1v) is 16.3. The van der Waals surface area contributed by atoms with Crippen LogP contribution < -0.4 is 16.1 Å². The molecular weight excluding hydrogens is 576 g/mol. The zero-order valence-electron chi connectivity index (χ0n) is 25.6. The summed E-state index contributed by atoms with van der Waals surface area (Å²) >= 11 is 0. The molecule has 2 aromatic rings. The summed E-state index contributed by atoms with van der Waals surface area (Å²) in [6, 6.07) is 11.9. The van der Waals surface area contributed by atoms with Crippen molar-refractivity contribution in [3.05, 3.63) is 59.2 Å². The summed E-state index contributed by atoms with van der Waals surface area (Å²) in [7, 11) is 0. The number of alkyl carbamates (subject to hydrolysis) is 1. The summed E-state index contributed by atoms with van der Waals surface area (Å²) in [6.07, 6.45) is 6.13. The minimum Gasteiger partial charge on any atom is -0.508 e. The maximum absolute atomic E-state index is 13.5. The minimum atomic E-state index is -1.04. The molecule has 3 fully saturated rings. The number of aliphatic hydroxyl groups excluding tert-OH is 1. The predicted molar refractivity (Wildman–Crippen MR) is 166 cm³/mol. The molecule has 3 amide bonds. The maximum atomic E-state index is 13.5. The number of benzene rings is 2. The standard InChI is InChI=1S/C34H44N4O7/c39-29-17-24(16-27-26(29)10-11-32(41)35-27)33(42)37-38(19-22-8-4-5-9-22)20-30(40)28(14-21-6-2-1-3-7-21)36-34(43)45-25-15-23-12-13-44-31(23)18-25/h1-3,6-7,16-17,22-23,25,28,30-31,39-40H,4-5,8-15,18-20H2,(H,35,41)(H,36,43)(H,37,42)/t23?,25-,28+,30-,31-/m1/s1. The smallest absolute Gasteiger partial charge is 0.407 e. The average molecular weight is 621 g/mol. The number of hydrazine groups is 1. The first kappa shape index (κ1) is 31.3. The van der Waals surface area contributed by atoms with Crippen LogP contribution in [0.1, 0.15) is 72.9 Å². The van der Waals surface area contributed by atoms with Crippen molar-refractivity contribution in [3.63, 3.8) is 0 Å². The van der Waals surface area contributed by atoms with E-state index in [1.807, 2.05) is 30.3 Å². The summed E-state index contributed by atoms with van der Waals surface area (Å²) < 4.78 is 11.6. The minimum absolute atomic E-state index is 0.0388. The highest BCUT2D eigenvalue weighted by atomic mass is 16.6. The van der Waals surface area contributed by atoms with Crippen LogP contribution in [-0.2, 0) is 27.1 Å². The van der Waals surface area contributed by atoms with E-state index in [9.17, 15) is 24.6 Å². The Bertz CT molecular complexity index is 1350. The lowest BCUT2D eigenvalue weighted by Crippen LogP contribution is -2.54. The molecule has 11 heteroatoms. The van der Waals surface area contributed by atoms with E-state index in [4.69, 9.17) is 9.47 Å². The fourth-order valence-corrected chi connectivity index (χ4v) is 7.35. The van der Waals surface area contributed by atoms with Gasteiger partial charge < -0.3 is 30.3 Å². The summed E-state index contributed by atoms with van der Waals surface area (Å²) in [5.74, 6) is 0.116. The molecule has 1 unspecified atom stereocenters. The highest BCUT2D eigenvalue weighted by molar-refractivity contribution is 5.99. The lowest BCUT2D eigenvalue weighted by molar-refractivity contribution is -0.116. The molecule has 11 nitrogen and oxygen atoms in total. The predicted octanol–water partition coefficient (Wildman–Crippen LogP) is 3.68. The fraction of sp³-hybridized carbons (Fsp3) is 0.559. The van der Waals surface area contributed by atoms with Crippen LogP contribution in [0.5, 0.6) is 5.75 Å². The van der Waals surface area contributed by atoms with Crippen LogP contribution in [-0.4, -0.2) is 77.2 Å². The van der Waals surface area contributed by atoms with E-state index in [2.05, 4.69) is 16.1 Å².